The number of carbonyl (C=O) groups excluding carboxylic acids is 1. The number of benzene rings is 1. The van der Waals surface area contributed by atoms with Crippen molar-refractivity contribution in [3.05, 3.63) is 35.9 Å². The van der Waals surface area contributed by atoms with E-state index in [1.165, 1.54) is 5.56 Å². The SMILES string of the molecule is CC(c1ccccc1)N1CCC(NC(=O)C2(N)CCOCC2)C1. The third-order valence-electron chi connectivity index (χ3n) is 5.22. The highest BCUT2D eigenvalue weighted by atomic mass is 16.5. The van der Waals surface area contributed by atoms with Crippen LogP contribution in [0, 0.1) is 0 Å². The fraction of sp³-hybridized carbons (Fsp3) is 0.611. The molecule has 0 aromatic heterocycles. The Morgan fingerprint density at radius 2 is 2.04 bits per heavy atom. The summed E-state index contributed by atoms with van der Waals surface area (Å²) in [5, 5.41) is 3.16. The topological polar surface area (TPSA) is 67.6 Å². The zero-order chi connectivity index (χ0) is 16.3. The van der Waals surface area contributed by atoms with Crippen molar-refractivity contribution in [3.63, 3.8) is 0 Å². The van der Waals surface area contributed by atoms with E-state index in [2.05, 4.69) is 41.4 Å². The standard InChI is InChI=1S/C18H27N3O2/c1-14(15-5-3-2-4-6-15)21-10-7-16(13-21)20-17(22)18(19)8-11-23-12-9-18/h2-6,14,16H,7-13,19H2,1H3,(H,20,22). The maximum absolute atomic E-state index is 12.5. The van der Waals surface area contributed by atoms with Crippen LogP contribution in [0.3, 0.4) is 0 Å². The predicted octanol–water partition coefficient (Wildman–Crippen LogP) is 1.45. The van der Waals surface area contributed by atoms with Gasteiger partial charge in [0.2, 0.25) is 5.91 Å². The van der Waals surface area contributed by atoms with Gasteiger partial charge in [0, 0.05) is 38.4 Å². The number of hydrogen-bond acceptors (Lipinski definition) is 4. The molecule has 3 N–H and O–H groups in total. The minimum absolute atomic E-state index is 0.0139. The van der Waals surface area contributed by atoms with Crippen molar-refractivity contribution >= 4 is 5.91 Å². The number of rotatable bonds is 4. The predicted molar refractivity (Wildman–Crippen MR) is 89.9 cm³/mol. The molecule has 0 spiro atoms. The Morgan fingerprint density at radius 1 is 1.35 bits per heavy atom. The Morgan fingerprint density at radius 3 is 2.74 bits per heavy atom. The molecule has 2 atom stereocenters. The molecule has 1 amide bonds. The fourth-order valence-electron chi connectivity index (χ4n) is 3.49. The number of carbonyl (C=O) groups is 1. The first kappa shape index (κ1) is 16.4. The van der Waals surface area contributed by atoms with Crippen molar-refractivity contribution < 1.29 is 9.53 Å². The number of nitrogens with zero attached hydrogens (tertiary/aromatic N) is 1. The van der Waals surface area contributed by atoms with Crippen LogP contribution in [0.4, 0.5) is 0 Å². The minimum atomic E-state index is -0.753. The second-order valence-electron chi connectivity index (χ2n) is 6.81. The molecule has 2 aliphatic rings. The molecule has 1 aromatic carbocycles. The highest BCUT2D eigenvalue weighted by molar-refractivity contribution is 5.86. The molecule has 0 aliphatic carbocycles. The van der Waals surface area contributed by atoms with E-state index in [1.807, 2.05) is 6.07 Å². The Kier molecular flexibility index (Phi) is 4.99. The van der Waals surface area contributed by atoms with Crippen LogP contribution < -0.4 is 11.1 Å². The number of likely N-dealkylation sites (tertiary alicyclic amines) is 1. The monoisotopic (exact) mass is 317 g/mol. The van der Waals surface area contributed by atoms with Gasteiger partial charge in [0.05, 0.1) is 5.54 Å². The third kappa shape index (κ3) is 3.74. The lowest BCUT2D eigenvalue weighted by Gasteiger charge is -2.33. The molecule has 126 valence electrons. The highest BCUT2D eigenvalue weighted by Gasteiger charge is 2.38. The molecule has 0 radical (unpaired) electrons. The molecule has 5 heteroatoms. The number of amides is 1. The molecule has 5 nitrogen and oxygen atoms in total. The van der Waals surface area contributed by atoms with Crippen molar-refractivity contribution in [1.82, 2.24) is 10.2 Å². The molecular weight excluding hydrogens is 290 g/mol. The van der Waals surface area contributed by atoms with Gasteiger partial charge in [0.15, 0.2) is 0 Å². The lowest BCUT2D eigenvalue weighted by atomic mass is 9.90. The molecule has 0 bridgehead atoms. The average molecular weight is 317 g/mol. The highest BCUT2D eigenvalue weighted by Crippen LogP contribution is 2.25. The maximum atomic E-state index is 12.5. The molecule has 3 rings (SSSR count). The van der Waals surface area contributed by atoms with Crippen LogP contribution in [0.2, 0.25) is 0 Å². The number of hydrogen-bond donors (Lipinski definition) is 2. The lowest BCUT2D eigenvalue weighted by molar-refractivity contribution is -0.130. The van der Waals surface area contributed by atoms with Gasteiger partial charge in [-0.25, -0.2) is 0 Å². The van der Waals surface area contributed by atoms with Crippen LogP contribution in [0.15, 0.2) is 30.3 Å². The van der Waals surface area contributed by atoms with Gasteiger partial charge in [0.1, 0.15) is 0 Å². The Hall–Kier alpha value is -1.43. The Labute approximate surface area is 138 Å². The van der Waals surface area contributed by atoms with E-state index >= 15 is 0 Å². The molecule has 1 aromatic rings. The summed E-state index contributed by atoms with van der Waals surface area (Å²) in [7, 11) is 0. The van der Waals surface area contributed by atoms with E-state index in [0.29, 0.717) is 32.1 Å². The normalized spacial score (nSPS) is 25.9. The molecule has 2 fully saturated rings. The van der Waals surface area contributed by atoms with E-state index in [0.717, 1.165) is 19.5 Å². The first-order valence-corrected chi connectivity index (χ1v) is 8.55. The molecule has 2 unspecified atom stereocenters. The smallest absolute Gasteiger partial charge is 0.240 e. The quantitative estimate of drug-likeness (QED) is 0.882. The molecule has 2 heterocycles. The second kappa shape index (κ2) is 6.99. The van der Waals surface area contributed by atoms with Gasteiger partial charge in [-0.3, -0.25) is 9.69 Å². The van der Waals surface area contributed by atoms with Gasteiger partial charge in [-0.15, -0.1) is 0 Å². The fourth-order valence-corrected chi connectivity index (χ4v) is 3.49. The first-order valence-electron chi connectivity index (χ1n) is 8.55. The van der Waals surface area contributed by atoms with E-state index in [9.17, 15) is 4.79 Å². The summed E-state index contributed by atoms with van der Waals surface area (Å²) in [4.78, 5) is 14.9. The Balaban J connectivity index is 1.54. The number of ether oxygens (including phenoxy) is 1. The molecule has 2 saturated heterocycles. The zero-order valence-electron chi connectivity index (χ0n) is 13.8. The summed E-state index contributed by atoms with van der Waals surface area (Å²) in [6.07, 6.45) is 2.20. The van der Waals surface area contributed by atoms with Crippen molar-refractivity contribution in [3.8, 4) is 0 Å². The van der Waals surface area contributed by atoms with Crippen LogP contribution in [0.5, 0.6) is 0 Å². The average Bonchev–Trinajstić information content (AvgIpc) is 3.04. The summed E-state index contributed by atoms with van der Waals surface area (Å²) in [6.45, 7) is 5.26. The van der Waals surface area contributed by atoms with Crippen molar-refractivity contribution in [2.45, 2.75) is 43.8 Å². The van der Waals surface area contributed by atoms with Gasteiger partial charge < -0.3 is 15.8 Å². The van der Waals surface area contributed by atoms with Crippen LogP contribution in [0.25, 0.3) is 0 Å². The van der Waals surface area contributed by atoms with E-state index < -0.39 is 5.54 Å². The second-order valence-corrected chi connectivity index (χ2v) is 6.81. The van der Waals surface area contributed by atoms with Crippen LogP contribution in [-0.2, 0) is 9.53 Å². The molecule has 0 saturated carbocycles. The molecular formula is C18H27N3O2. The van der Waals surface area contributed by atoms with E-state index in [4.69, 9.17) is 10.5 Å². The summed E-state index contributed by atoms with van der Waals surface area (Å²) in [6, 6.07) is 11.1. The molecule has 2 aliphatic heterocycles. The third-order valence-corrected chi connectivity index (χ3v) is 5.22. The lowest BCUT2D eigenvalue weighted by Crippen LogP contribution is -2.59. The van der Waals surface area contributed by atoms with Gasteiger partial charge in [-0.1, -0.05) is 30.3 Å². The Bertz CT molecular complexity index is 528. The first-order chi connectivity index (χ1) is 11.1. The van der Waals surface area contributed by atoms with Crippen molar-refractivity contribution in [2.75, 3.05) is 26.3 Å². The van der Waals surface area contributed by atoms with Gasteiger partial charge in [-0.05, 0) is 31.7 Å². The van der Waals surface area contributed by atoms with Crippen LogP contribution >= 0.6 is 0 Å². The number of nitrogens with one attached hydrogen (secondary N) is 1. The summed E-state index contributed by atoms with van der Waals surface area (Å²) < 4.78 is 5.31. The van der Waals surface area contributed by atoms with E-state index in [-0.39, 0.29) is 11.9 Å². The summed E-state index contributed by atoms with van der Waals surface area (Å²) in [5.41, 5.74) is 6.83. The number of nitrogens with two attached hydrogens (primary N) is 1. The molecule has 23 heavy (non-hydrogen) atoms. The summed E-state index contributed by atoms with van der Waals surface area (Å²) in [5.74, 6) is -0.0139. The zero-order valence-corrected chi connectivity index (χ0v) is 13.8. The maximum Gasteiger partial charge on any atom is 0.240 e. The van der Waals surface area contributed by atoms with Crippen molar-refractivity contribution in [2.24, 2.45) is 5.73 Å². The van der Waals surface area contributed by atoms with E-state index in [1.54, 1.807) is 0 Å². The largest absolute Gasteiger partial charge is 0.381 e. The van der Waals surface area contributed by atoms with Gasteiger partial charge >= 0.3 is 0 Å². The van der Waals surface area contributed by atoms with Crippen LogP contribution in [0.1, 0.15) is 37.8 Å². The van der Waals surface area contributed by atoms with Crippen molar-refractivity contribution in [1.29, 1.82) is 0 Å². The van der Waals surface area contributed by atoms with Gasteiger partial charge in [-0.2, -0.15) is 0 Å². The minimum Gasteiger partial charge on any atom is -0.381 e. The van der Waals surface area contributed by atoms with Crippen LogP contribution in [-0.4, -0.2) is 48.7 Å². The van der Waals surface area contributed by atoms with Gasteiger partial charge in [0.25, 0.3) is 0 Å². The summed E-state index contributed by atoms with van der Waals surface area (Å²) >= 11 is 0.